The third-order valence-electron chi connectivity index (χ3n) is 3.96. The number of amides is 2. The van der Waals surface area contributed by atoms with Gasteiger partial charge in [-0.1, -0.05) is 13.0 Å². The SMILES string of the molecule is CC1CC2C(=O)N(c3cccc(O)c3)C(=O)C2C1. The molecule has 1 aromatic carbocycles. The zero-order valence-electron chi connectivity index (χ0n) is 10.2. The van der Waals surface area contributed by atoms with E-state index in [-0.39, 0.29) is 29.4 Å². The number of phenols is 1. The van der Waals surface area contributed by atoms with Crippen molar-refractivity contribution in [2.75, 3.05) is 4.90 Å². The molecule has 4 heteroatoms. The van der Waals surface area contributed by atoms with Crippen molar-refractivity contribution in [2.24, 2.45) is 17.8 Å². The van der Waals surface area contributed by atoms with Crippen LogP contribution >= 0.6 is 0 Å². The molecule has 2 fully saturated rings. The molecule has 2 atom stereocenters. The van der Waals surface area contributed by atoms with Gasteiger partial charge in [0.2, 0.25) is 11.8 Å². The van der Waals surface area contributed by atoms with Crippen LogP contribution in [0.3, 0.4) is 0 Å². The van der Waals surface area contributed by atoms with Gasteiger partial charge in [-0.05, 0) is 30.9 Å². The van der Waals surface area contributed by atoms with E-state index in [9.17, 15) is 14.7 Å². The van der Waals surface area contributed by atoms with Crippen LogP contribution in [0.5, 0.6) is 5.75 Å². The van der Waals surface area contributed by atoms with E-state index in [1.54, 1.807) is 12.1 Å². The van der Waals surface area contributed by atoms with Crippen LogP contribution < -0.4 is 4.90 Å². The highest BCUT2D eigenvalue weighted by Gasteiger charge is 2.52. The second-order valence-electron chi connectivity index (χ2n) is 5.32. The van der Waals surface area contributed by atoms with Gasteiger partial charge in [-0.15, -0.1) is 0 Å². The number of rotatable bonds is 1. The molecule has 0 radical (unpaired) electrons. The van der Waals surface area contributed by atoms with Crippen LogP contribution in [-0.4, -0.2) is 16.9 Å². The minimum Gasteiger partial charge on any atom is -0.508 e. The first kappa shape index (κ1) is 11.3. The highest BCUT2D eigenvalue weighted by molar-refractivity contribution is 6.22. The summed E-state index contributed by atoms with van der Waals surface area (Å²) < 4.78 is 0. The summed E-state index contributed by atoms with van der Waals surface area (Å²) in [4.78, 5) is 25.8. The lowest BCUT2D eigenvalue weighted by Gasteiger charge is -2.16. The van der Waals surface area contributed by atoms with Crippen molar-refractivity contribution < 1.29 is 14.7 Å². The molecular formula is C14H15NO3. The van der Waals surface area contributed by atoms with Gasteiger partial charge in [0.05, 0.1) is 17.5 Å². The Bertz CT molecular complexity index is 502. The predicted molar refractivity (Wildman–Crippen MR) is 66.0 cm³/mol. The van der Waals surface area contributed by atoms with Crippen molar-refractivity contribution in [1.29, 1.82) is 0 Å². The molecule has 0 aromatic heterocycles. The summed E-state index contributed by atoms with van der Waals surface area (Å²) in [7, 11) is 0. The number of carbonyl (C=O) groups is 2. The fraction of sp³-hybridized carbons (Fsp3) is 0.429. The minimum absolute atomic E-state index is 0.0681. The van der Waals surface area contributed by atoms with Crippen LogP contribution in [0.25, 0.3) is 0 Å². The van der Waals surface area contributed by atoms with Gasteiger partial charge in [-0.25, -0.2) is 4.90 Å². The van der Waals surface area contributed by atoms with Crippen molar-refractivity contribution in [3.63, 3.8) is 0 Å². The van der Waals surface area contributed by atoms with Crippen molar-refractivity contribution in [2.45, 2.75) is 19.8 Å². The van der Waals surface area contributed by atoms with Crippen LogP contribution in [0.15, 0.2) is 24.3 Å². The molecular weight excluding hydrogens is 230 g/mol. The largest absolute Gasteiger partial charge is 0.508 e. The smallest absolute Gasteiger partial charge is 0.237 e. The van der Waals surface area contributed by atoms with E-state index in [0.29, 0.717) is 11.6 Å². The molecule has 1 saturated carbocycles. The summed E-state index contributed by atoms with van der Waals surface area (Å²) >= 11 is 0. The Balaban J connectivity index is 1.96. The van der Waals surface area contributed by atoms with Crippen LogP contribution in [0, 0.1) is 17.8 Å². The molecule has 0 bridgehead atoms. The van der Waals surface area contributed by atoms with Crippen molar-refractivity contribution >= 4 is 17.5 Å². The number of nitrogens with zero attached hydrogens (tertiary/aromatic N) is 1. The number of phenolic OH excluding ortho intramolecular Hbond substituents is 1. The fourth-order valence-corrected chi connectivity index (χ4v) is 3.16. The van der Waals surface area contributed by atoms with Crippen molar-refractivity contribution in [3.05, 3.63) is 24.3 Å². The van der Waals surface area contributed by atoms with Crippen LogP contribution in [0.2, 0.25) is 0 Å². The van der Waals surface area contributed by atoms with Gasteiger partial charge in [-0.2, -0.15) is 0 Å². The number of carbonyl (C=O) groups excluding carboxylic acids is 2. The second-order valence-corrected chi connectivity index (χ2v) is 5.32. The zero-order chi connectivity index (χ0) is 12.9. The summed E-state index contributed by atoms with van der Waals surface area (Å²) in [5.74, 6) is -0.0256. The molecule has 0 spiro atoms. The molecule has 1 N–H and O–H groups in total. The Morgan fingerprint density at radius 1 is 1.17 bits per heavy atom. The normalized spacial score (nSPS) is 30.9. The standard InChI is InChI=1S/C14H15NO3/c1-8-5-11-12(6-8)14(18)15(13(11)17)9-3-2-4-10(16)7-9/h2-4,7-8,11-12,16H,5-6H2,1H3. The maximum Gasteiger partial charge on any atom is 0.237 e. The summed E-state index contributed by atoms with van der Waals surface area (Å²) in [6.07, 6.45) is 1.59. The maximum atomic E-state index is 12.3. The number of hydrogen-bond acceptors (Lipinski definition) is 3. The van der Waals surface area contributed by atoms with Gasteiger partial charge < -0.3 is 5.11 Å². The third kappa shape index (κ3) is 1.52. The lowest BCUT2D eigenvalue weighted by molar-refractivity contribution is -0.123. The molecule has 3 rings (SSSR count). The average molecular weight is 245 g/mol. The Morgan fingerprint density at radius 2 is 1.78 bits per heavy atom. The molecule has 2 amide bonds. The van der Waals surface area contributed by atoms with Gasteiger partial charge in [0.1, 0.15) is 5.75 Å². The lowest BCUT2D eigenvalue weighted by Crippen LogP contribution is -2.31. The first-order valence-corrected chi connectivity index (χ1v) is 6.25. The molecule has 1 aliphatic heterocycles. The highest BCUT2D eigenvalue weighted by Crippen LogP contribution is 2.44. The third-order valence-corrected chi connectivity index (χ3v) is 3.96. The molecule has 1 aliphatic carbocycles. The van der Waals surface area contributed by atoms with E-state index < -0.39 is 0 Å². The van der Waals surface area contributed by atoms with E-state index in [0.717, 1.165) is 12.8 Å². The van der Waals surface area contributed by atoms with Crippen LogP contribution in [0.4, 0.5) is 5.69 Å². The average Bonchev–Trinajstić information content (AvgIpc) is 2.79. The number of aromatic hydroxyl groups is 1. The number of anilines is 1. The van der Waals surface area contributed by atoms with Crippen molar-refractivity contribution in [3.8, 4) is 5.75 Å². The minimum atomic E-state index is -0.158. The van der Waals surface area contributed by atoms with E-state index in [2.05, 4.69) is 6.92 Å². The molecule has 1 heterocycles. The van der Waals surface area contributed by atoms with Gasteiger partial charge in [-0.3, -0.25) is 9.59 Å². The fourth-order valence-electron chi connectivity index (χ4n) is 3.16. The van der Waals surface area contributed by atoms with Crippen LogP contribution in [0.1, 0.15) is 19.8 Å². The second kappa shape index (κ2) is 3.83. The number of fused-ring (bicyclic) bond motifs is 1. The van der Waals surface area contributed by atoms with Crippen LogP contribution in [-0.2, 0) is 9.59 Å². The van der Waals surface area contributed by atoms with E-state index in [1.165, 1.54) is 17.0 Å². The zero-order valence-corrected chi connectivity index (χ0v) is 10.2. The molecule has 1 aromatic rings. The van der Waals surface area contributed by atoms with Gasteiger partial charge in [0.25, 0.3) is 0 Å². The van der Waals surface area contributed by atoms with E-state index in [1.807, 2.05) is 0 Å². The first-order valence-electron chi connectivity index (χ1n) is 6.25. The Labute approximate surface area is 105 Å². The topological polar surface area (TPSA) is 57.6 Å². The highest BCUT2D eigenvalue weighted by atomic mass is 16.3. The molecule has 1 saturated heterocycles. The number of benzene rings is 1. The van der Waals surface area contributed by atoms with Crippen molar-refractivity contribution in [1.82, 2.24) is 0 Å². The van der Waals surface area contributed by atoms with Gasteiger partial charge >= 0.3 is 0 Å². The Hall–Kier alpha value is -1.84. The molecule has 94 valence electrons. The predicted octanol–water partition coefficient (Wildman–Crippen LogP) is 1.93. The molecule has 2 aliphatic rings. The summed E-state index contributed by atoms with van der Waals surface area (Å²) in [5.41, 5.74) is 0.479. The Morgan fingerprint density at radius 3 is 2.33 bits per heavy atom. The monoisotopic (exact) mass is 245 g/mol. The number of hydrogen-bond donors (Lipinski definition) is 1. The summed E-state index contributed by atoms with van der Waals surface area (Å²) in [6, 6.07) is 6.31. The summed E-state index contributed by atoms with van der Waals surface area (Å²) in [6.45, 7) is 2.08. The van der Waals surface area contributed by atoms with Gasteiger partial charge in [0, 0.05) is 6.07 Å². The molecule has 4 nitrogen and oxygen atoms in total. The molecule has 2 unspecified atom stereocenters. The maximum absolute atomic E-state index is 12.3. The lowest BCUT2D eigenvalue weighted by atomic mass is 10.00. The van der Waals surface area contributed by atoms with E-state index in [4.69, 9.17) is 0 Å². The van der Waals surface area contributed by atoms with Gasteiger partial charge in [0.15, 0.2) is 0 Å². The summed E-state index contributed by atoms with van der Waals surface area (Å²) in [5, 5.41) is 9.44. The molecule has 18 heavy (non-hydrogen) atoms. The first-order chi connectivity index (χ1) is 8.58. The Kier molecular flexibility index (Phi) is 2.40. The van der Waals surface area contributed by atoms with E-state index >= 15 is 0 Å². The quantitative estimate of drug-likeness (QED) is 0.769. The number of imide groups is 1.